The lowest BCUT2D eigenvalue weighted by Gasteiger charge is -2.07. The van der Waals surface area contributed by atoms with Crippen molar-refractivity contribution in [2.75, 3.05) is 12.3 Å². The van der Waals surface area contributed by atoms with Crippen molar-refractivity contribution in [1.82, 2.24) is 25.5 Å². The van der Waals surface area contributed by atoms with E-state index in [0.717, 1.165) is 29.6 Å². The van der Waals surface area contributed by atoms with E-state index < -0.39 is 0 Å². The maximum atomic E-state index is 9.30. The SMILES string of the molecule is CC(C)NCCCSc1nnnn1-c1ccc(O)cc1. The third-order valence-corrected chi connectivity index (χ3v) is 3.65. The number of aromatic nitrogens is 4. The summed E-state index contributed by atoms with van der Waals surface area (Å²) < 4.78 is 1.68. The number of phenolic OH excluding ortho intramolecular Hbond substituents is 1. The summed E-state index contributed by atoms with van der Waals surface area (Å²) in [6, 6.07) is 7.34. The number of hydrogen-bond acceptors (Lipinski definition) is 6. The van der Waals surface area contributed by atoms with Crippen molar-refractivity contribution in [2.24, 2.45) is 0 Å². The number of aromatic hydroxyl groups is 1. The molecule has 7 heteroatoms. The average Bonchev–Trinajstić information content (AvgIpc) is 2.87. The van der Waals surface area contributed by atoms with Gasteiger partial charge in [-0.15, -0.1) is 5.10 Å². The summed E-state index contributed by atoms with van der Waals surface area (Å²) >= 11 is 1.63. The molecule has 0 atom stereocenters. The van der Waals surface area contributed by atoms with Crippen LogP contribution in [0.1, 0.15) is 20.3 Å². The Morgan fingerprint density at radius 3 is 2.75 bits per heavy atom. The van der Waals surface area contributed by atoms with Crippen molar-refractivity contribution in [3.8, 4) is 11.4 Å². The van der Waals surface area contributed by atoms with Crippen LogP contribution in [0.2, 0.25) is 0 Å². The van der Waals surface area contributed by atoms with Crippen LogP contribution in [0.4, 0.5) is 0 Å². The van der Waals surface area contributed by atoms with Crippen LogP contribution >= 0.6 is 11.8 Å². The fraction of sp³-hybridized carbons (Fsp3) is 0.462. The standard InChI is InChI=1S/C13H19N5OS/c1-10(2)14-8-3-9-20-13-15-16-17-18(13)11-4-6-12(19)7-5-11/h4-7,10,14,19H,3,8-9H2,1-2H3. The Morgan fingerprint density at radius 2 is 2.05 bits per heavy atom. The molecule has 20 heavy (non-hydrogen) atoms. The van der Waals surface area contributed by atoms with E-state index in [-0.39, 0.29) is 5.75 Å². The number of rotatable bonds is 7. The van der Waals surface area contributed by atoms with Crippen LogP contribution in [0.15, 0.2) is 29.4 Å². The number of tetrazole rings is 1. The van der Waals surface area contributed by atoms with Gasteiger partial charge in [0.25, 0.3) is 0 Å². The molecule has 6 nitrogen and oxygen atoms in total. The summed E-state index contributed by atoms with van der Waals surface area (Å²) in [7, 11) is 0. The second kappa shape index (κ2) is 7.25. The normalized spacial score (nSPS) is 11.2. The number of phenols is 1. The molecule has 0 aliphatic carbocycles. The summed E-state index contributed by atoms with van der Waals surface area (Å²) in [5.41, 5.74) is 0.843. The molecule has 0 bridgehead atoms. The van der Waals surface area contributed by atoms with Crippen molar-refractivity contribution in [3.05, 3.63) is 24.3 Å². The van der Waals surface area contributed by atoms with Gasteiger partial charge >= 0.3 is 0 Å². The Balaban J connectivity index is 1.90. The van der Waals surface area contributed by atoms with Crippen LogP contribution in [-0.2, 0) is 0 Å². The number of nitrogens with zero attached hydrogens (tertiary/aromatic N) is 4. The van der Waals surface area contributed by atoms with Gasteiger partial charge < -0.3 is 10.4 Å². The van der Waals surface area contributed by atoms with E-state index in [2.05, 4.69) is 34.7 Å². The molecule has 0 saturated carbocycles. The van der Waals surface area contributed by atoms with E-state index in [4.69, 9.17) is 0 Å². The van der Waals surface area contributed by atoms with Crippen molar-refractivity contribution < 1.29 is 5.11 Å². The molecule has 2 rings (SSSR count). The van der Waals surface area contributed by atoms with Crippen LogP contribution in [0.3, 0.4) is 0 Å². The van der Waals surface area contributed by atoms with Crippen molar-refractivity contribution >= 4 is 11.8 Å². The Hall–Kier alpha value is -1.60. The summed E-state index contributed by atoms with van der Waals surface area (Å²) in [4.78, 5) is 0. The van der Waals surface area contributed by atoms with Crippen molar-refractivity contribution in [2.45, 2.75) is 31.5 Å². The zero-order valence-corrected chi connectivity index (χ0v) is 12.5. The molecule has 0 amide bonds. The molecule has 0 aliphatic rings. The fourth-order valence-corrected chi connectivity index (χ4v) is 2.48. The molecule has 2 aromatic rings. The Labute approximate surface area is 122 Å². The first-order valence-electron chi connectivity index (χ1n) is 6.61. The van der Waals surface area contributed by atoms with Gasteiger partial charge in [-0.25, -0.2) is 0 Å². The van der Waals surface area contributed by atoms with Gasteiger partial charge in [0.2, 0.25) is 5.16 Å². The first kappa shape index (κ1) is 14.8. The number of hydrogen-bond donors (Lipinski definition) is 2. The summed E-state index contributed by atoms with van der Waals surface area (Å²) in [6.07, 6.45) is 1.06. The number of nitrogens with one attached hydrogen (secondary N) is 1. The van der Waals surface area contributed by atoms with Crippen LogP contribution in [0, 0.1) is 0 Å². The van der Waals surface area contributed by atoms with Gasteiger partial charge in [0, 0.05) is 11.8 Å². The van der Waals surface area contributed by atoms with Crippen LogP contribution < -0.4 is 5.32 Å². The smallest absolute Gasteiger partial charge is 0.214 e. The molecule has 0 spiro atoms. The highest BCUT2D eigenvalue weighted by Gasteiger charge is 2.08. The van der Waals surface area contributed by atoms with Crippen LogP contribution in [-0.4, -0.2) is 43.7 Å². The molecular weight excluding hydrogens is 274 g/mol. The number of thioether (sulfide) groups is 1. The van der Waals surface area contributed by atoms with Gasteiger partial charge in [0.05, 0.1) is 5.69 Å². The predicted octanol–water partition coefficient (Wildman–Crippen LogP) is 1.85. The van der Waals surface area contributed by atoms with E-state index in [1.165, 1.54) is 0 Å². The third-order valence-electron chi connectivity index (χ3n) is 2.64. The summed E-state index contributed by atoms with van der Waals surface area (Å²) in [6.45, 7) is 5.27. The molecule has 2 N–H and O–H groups in total. The quantitative estimate of drug-likeness (QED) is 0.599. The molecule has 0 aliphatic heterocycles. The lowest BCUT2D eigenvalue weighted by atomic mass is 10.3. The van der Waals surface area contributed by atoms with Gasteiger partial charge in [-0.3, -0.25) is 0 Å². The lowest BCUT2D eigenvalue weighted by molar-refractivity contribution is 0.475. The molecule has 1 aromatic heterocycles. The molecule has 1 heterocycles. The second-order valence-corrected chi connectivity index (χ2v) is 5.76. The Morgan fingerprint density at radius 1 is 1.30 bits per heavy atom. The fourth-order valence-electron chi connectivity index (χ4n) is 1.65. The highest BCUT2D eigenvalue weighted by atomic mass is 32.2. The van der Waals surface area contributed by atoms with E-state index in [0.29, 0.717) is 6.04 Å². The topological polar surface area (TPSA) is 75.9 Å². The second-order valence-electron chi connectivity index (χ2n) is 4.70. The van der Waals surface area contributed by atoms with E-state index in [9.17, 15) is 5.11 Å². The first-order valence-corrected chi connectivity index (χ1v) is 7.59. The minimum Gasteiger partial charge on any atom is -0.508 e. The average molecular weight is 293 g/mol. The molecule has 0 unspecified atom stereocenters. The van der Waals surface area contributed by atoms with Gasteiger partial charge in [0.1, 0.15) is 5.75 Å². The summed E-state index contributed by atoms with van der Waals surface area (Å²) in [5, 5.41) is 25.2. The first-order chi connectivity index (χ1) is 9.66. The molecule has 0 radical (unpaired) electrons. The molecule has 108 valence electrons. The zero-order chi connectivity index (χ0) is 14.4. The lowest BCUT2D eigenvalue weighted by Crippen LogP contribution is -2.23. The van der Waals surface area contributed by atoms with Crippen LogP contribution in [0.5, 0.6) is 5.75 Å². The highest BCUT2D eigenvalue weighted by molar-refractivity contribution is 7.99. The summed E-state index contributed by atoms with van der Waals surface area (Å²) in [5.74, 6) is 1.19. The largest absolute Gasteiger partial charge is 0.508 e. The minimum atomic E-state index is 0.232. The van der Waals surface area contributed by atoms with Crippen molar-refractivity contribution in [3.63, 3.8) is 0 Å². The van der Waals surface area contributed by atoms with Gasteiger partial charge in [-0.2, -0.15) is 4.68 Å². The molecule has 0 saturated heterocycles. The van der Waals surface area contributed by atoms with Crippen molar-refractivity contribution in [1.29, 1.82) is 0 Å². The third kappa shape index (κ3) is 4.21. The minimum absolute atomic E-state index is 0.232. The number of benzene rings is 1. The highest BCUT2D eigenvalue weighted by Crippen LogP contribution is 2.20. The molecular formula is C13H19N5OS. The Bertz CT molecular complexity index is 526. The van der Waals surface area contributed by atoms with Gasteiger partial charge in [-0.05, 0) is 47.7 Å². The molecule has 0 fully saturated rings. The maximum Gasteiger partial charge on any atom is 0.214 e. The van der Waals surface area contributed by atoms with E-state index in [1.54, 1.807) is 40.7 Å². The van der Waals surface area contributed by atoms with Gasteiger partial charge in [-0.1, -0.05) is 25.6 Å². The van der Waals surface area contributed by atoms with Gasteiger partial charge in [0.15, 0.2) is 0 Å². The van der Waals surface area contributed by atoms with E-state index in [1.807, 2.05) is 0 Å². The molecule has 1 aromatic carbocycles. The van der Waals surface area contributed by atoms with E-state index >= 15 is 0 Å². The zero-order valence-electron chi connectivity index (χ0n) is 11.7. The predicted molar refractivity (Wildman–Crippen MR) is 79.3 cm³/mol. The van der Waals surface area contributed by atoms with Crippen LogP contribution in [0.25, 0.3) is 5.69 Å². The Kier molecular flexibility index (Phi) is 5.37. The monoisotopic (exact) mass is 293 g/mol. The maximum absolute atomic E-state index is 9.30.